The molecule has 11 heteroatoms. The lowest BCUT2D eigenvalue weighted by Crippen LogP contribution is -2.11. The third kappa shape index (κ3) is 4.79. The van der Waals surface area contributed by atoms with Gasteiger partial charge in [-0.15, -0.1) is 0 Å². The molecule has 0 spiro atoms. The van der Waals surface area contributed by atoms with E-state index in [0.29, 0.717) is 12.2 Å². The van der Waals surface area contributed by atoms with Gasteiger partial charge in [0.25, 0.3) is 0 Å². The van der Waals surface area contributed by atoms with Gasteiger partial charge in [0.1, 0.15) is 11.6 Å². The second-order valence-corrected chi connectivity index (χ2v) is 5.75. The van der Waals surface area contributed by atoms with Crippen LogP contribution in [0.15, 0.2) is 30.4 Å². The molecule has 2 aromatic carbocycles. The number of ether oxygens (including phenoxy) is 2. The van der Waals surface area contributed by atoms with Crippen LogP contribution in [0.1, 0.15) is 5.56 Å². The normalized spacial score (nSPS) is 11.0. The highest BCUT2D eigenvalue weighted by atomic mass is 35.5. The monoisotopic (exact) mass is 440 g/mol. The predicted octanol–water partition coefficient (Wildman–Crippen LogP) is 4.89. The fourth-order valence-corrected chi connectivity index (χ4v) is 2.14. The average molecular weight is 441 g/mol. The molecule has 0 amide bonds. The predicted molar refractivity (Wildman–Crippen MR) is 87.3 cm³/mol. The molecule has 0 atom stereocenters. The highest BCUT2D eigenvalue weighted by Gasteiger charge is 2.26. The number of carbonyl (C=O) groups excluding carboxylic acids is 2. The van der Waals surface area contributed by atoms with Gasteiger partial charge in [-0.25, -0.2) is 31.5 Å². The minimum Gasteiger partial charge on any atom is -0.457 e. The molecule has 148 valence electrons. The Kier molecular flexibility index (Phi) is 6.98. The van der Waals surface area contributed by atoms with E-state index < -0.39 is 53.2 Å². The van der Waals surface area contributed by atoms with Crippen molar-refractivity contribution in [3.8, 4) is 5.75 Å². The number of esters is 2. The van der Waals surface area contributed by atoms with Crippen molar-refractivity contribution in [1.82, 2.24) is 0 Å². The smallest absolute Gasteiger partial charge is 0.336 e. The van der Waals surface area contributed by atoms with Gasteiger partial charge in [0.05, 0.1) is 10.6 Å². The molecule has 0 heterocycles. The van der Waals surface area contributed by atoms with Crippen LogP contribution < -0.4 is 4.74 Å². The van der Waals surface area contributed by atoms with Crippen molar-refractivity contribution in [2.75, 3.05) is 0 Å². The first kappa shape index (κ1) is 21.6. The van der Waals surface area contributed by atoms with Crippen LogP contribution in [0.5, 0.6) is 5.75 Å². The summed E-state index contributed by atoms with van der Waals surface area (Å²) in [5.74, 6) is -13.4. The van der Waals surface area contributed by atoms with E-state index in [9.17, 15) is 31.5 Å². The van der Waals surface area contributed by atoms with Crippen LogP contribution in [0, 0.1) is 29.1 Å². The van der Waals surface area contributed by atoms with Crippen molar-refractivity contribution < 1.29 is 41.0 Å². The van der Waals surface area contributed by atoms with Gasteiger partial charge in [-0.1, -0.05) is 29.3 Å². The van der Waals surface area contributed by atoms with Crippen molar-refractivity contribution in [3.05, 3.63) is 75.0 Å². The van der Waals surface area contributed by atoms with Crippen LogP contribution in [0.4, 0.5) is 22.0 Å². The number of rotatable bonds is 5. The summed E-state index contributed by atoms with van der Waals surface area (Å²) in [6.07, 6.45) is 1.12. The van der Waals surface area contributed by atoms with E-state index in [2.05, 4.69) is 4.74 Å². The lowest BCUT2D eigenvalue weighted by atomic mass is 10.2. The van der Waals surface area contributed by atoms with Crippen molar-refractivity contribution in [1.29, 1.82) is 0 Å². The van der Waals surface area contributed by atoms with Crippen LogP contribution >= 0.6 is 23.2 Å². The summed E-state index contributed by atoms with van der Waals surface area (Å²) in [7, 11) is 0. The van der Waals surface area contributed by atoms with E-state index >= 15 is 0 Å². The maximum absolute atomic E-state index is 13.5. The Bertz CT molecular complexity index is 950. The van der Waals surface area contributed by atoms with Crippen LogP contribution in [0.3, 0.4) is 0 Å². The number of benzene rings is 2. The Morgan fingerprint density at radius 3 is 2.00 bits per heavy atom. The van der Waals surface area contributed by atoms with E-state index in [1.165, 1.54) is 18.2 Å². The summed E-state index contributed by atoms with van der Waals surface area (Å²) in [6.45, 7) is -1.26. The Labute approximate surface area is 164 Å². The molecule has 0 aliphatic carbocycles. The fraction of sp³-hybridized carbons (Fsp3) is 0.0588. The largest absolute Gasteiger partial charge is 0.457 e. The zero-order valence-corrected chi connectivity index (χ0v) is 14.9. The van der Waals surface area contributed by atoms with Gasteiger partial charge >= 0.3 is 11.9 Å². The number of halogens is 7. The van der Waals surface area contributed by atoms with Crippen molar-refractivity contribution in [2.45, 2.75) is 6.61 Å². The fourth-order valence-electron chi connectivity index (χ4n) is 1.81. The molecule has 0 radical (unpaired) electrons. The molecule has 0 saturated heterocycles. The van der Waals surface area contributed by atoms with Gasteiger partial charge in [0.15, 0.2) is 29.0 Å². The summed E-state index contributed by atoms with van der Waals surface area (Å²) in [4.78, 5) is 23.1. The van der Waals surface area contributed by atoms with Crippen LogP contribution in [0.2, 0.25) is 10.0 Å². The molecule has 0 unspecified atom stereocenters. The third-order valence-corrected chi connectivity index (χ3v) is 3.94. The molecule has 28 heavy (non-hydrogen) atoms. The van der Waals surface area contributed by atoms with E-state index in [4.69, 9.17) is 27.9 Å². The Morgan fingerprint density at radius 1 is 0.857 bits per heavy atom. The average Bonchev–Trinajstić information content (AvgIpc) is 2.66. The van der Waals surface area contributed by atoms with Gasteiger partial charge < -0.3 is 9.47 Å². The van der Waals surface area contributed by atoms with Gasteiger partial charge in [0, 0.05) is 12.2 Å². The lowest BCUT2D eigenvalue weighted by Gasteiger charge is -2.08. The lowest BCUT2D eigenvalue weighted by molar-refractivity contribution is -0.139. The first-order chi connectivity index (χ1) is 13.1. The highest BCUT2D eigenvalue weighted by molar-refractivity contribution is 6.43. The molecule has 2 rings (SSSR count). The van der Waals surface area contributed by atoms with Crippen LogP contribution in [-0.2, 0) is 20.9 Å². The maximum atomic E-state index is 13.5. The van der Waals surface area contributed by atoms with E-state index in [-0.39, 0.29) is 15.8 Å². The number of hydrogen-bond donors (Lipinski definition) is 0. The quantitative estimate of drug-likeness (QED) is 0.166. The van der Waals surface area contributed by atoms with Crippen LogP contribution in [0.25, 0.3) is 0 Å². The molecule has 0 bridgehead atoms. The zero-order valence-electron chi connectivity index (χ0n) is 13.4. The minimum absolute atomic E-state index is 0.0557. The molecule has 0 aliphatic heterocycles. The Hall–Kier alpha value is -2.65. The maximum Gasteiger partial charge on any atom is 0.336 e. The Morgan fingerprint density at radius 2 is 1.39 bits per heavy atom. The summed E-state index contributed by atoms with van der Waals surface area (Å²) in [6, 6.07) is 4.20. The van der Waals surface area contributed by atoms with Gasteiger partial charge in [-0.2, -0.15) is 0 Å². The molecule has 2 aromatic rings. The van der Waals surface area contributed by atoms with Crippen molar-refractivity contribution >= 4 is 35.1 Å². The Balaban J connectivity index is 2.01. The SMILES string of the molecule is O=C(/C=C/C(=O)Oc1cccc(Cl)c1Cl)OCc1c(F)c(F)c(F)c(F)c1F. The molecule has 0 aliphatic rings. The first-order valence-electron chi connectivity index (χ1n) is 7.14. The second kappa shape index (κ2) is 9.03. The van der Waals surface area contributed by atoms with Gasteiger partial charge in [0.2, 0.25) is 5.82 Å². The van der Waals surface area contributed by atoms with E-state index in [1.54, 1.807) is 0 Å². The van der Waals surface area contributed by atoms with Gasteiger partial charge in [-0.3, -0.25) is 0 Å². The van der Waals surface area contributed by atoms with Crippen LogP contribution in [-0.4, -0.2) is 11.9 Å². The summed E-state index contributed by atoms with van der Waals surface area (Å²) in [5, 5.41) is 0.0537. The minimum atomic E-state index is -2.34. The summed E-state index contributed by atoms with van der Waals surface area (Å²) in [5.41, 5.74) is -1.34. The van der Waals surface area contributed by atoms with E-state index in [1.807, 2.05) is 0 Å². The number of hydrogen-bond acceptors (Lipinski definition) is 4. The van der Waals surface area contributed by atoms with E-state index in [0.717, 1.165) is 0 Å². The number of carbonyl (C=O) groups is 2. The molecule has 0 aromatic heterocycles. The topological polar surface area (TPSA) is 52.6 Å². The second-order valence-electron chi connectivity index (χ2n) is 4.96. The van der Waals surface area contributed by atoms with Gasteiger partial charge in [-0.05, 0) is 12.1 Å². The molecule has 0 fully saturated rings. The molecular weight excluding hydrogens is 434 g/mol. The third-order valence-electron chi connectivity index (χ3n) is 3.14. The molecule has 0 N–H and O–H groups in total. The summed E-state index contributed by atoms with van der Waals surface area (Å²) < 4.78 is 75.1. The van der Waals surface area contributed by atoms with Crippen molar-refractivity contribution in [2.24, 2.45) is 0 Å². The van der Waals surface area contributed by atoms with Crippen molar-refractivity contribution in [3.63, 3.8) is 0 Å². The highest BCUT2D eigenvalue weighted by Crippen LogP contribution is 2.31. The zero-order chi connectivity index (χ0) is 21.0. The standard InChI is InChI=1S/C17H7Cl2F5O4/c18-8-2-1-3-9(12(8)19)28-11(26)5-4-10(25)27-6-7-13(20)15(22)17(24)16(23)14(7)21/h1-5H,6H2/b5-4+. The molecular formula is C17H7Cl2F5O4. The summed E-state index contributed by atoms with van der Waals surface area (Å²) >= 11 is 11.5. The molecule has 0 saturated carbocycles. The first-order valence-corrected chi connectivity index (χ1v) is 7.90. The molecule has 4 nitrogen and oxygen atoms in total.